The molecule has 2 aromatic rings. The summed E-state index contributed by atoms with van der Waals surface area (Å²) in [5.74, 6) is 4.73. The number of halogens is 3. The quantitative estimate of drug-likeness (QED) is 0.864. The van der Waals surface area contributed by atoms with E-state index in [4.69, 9.17) is 4.74 Å². The van der Waals surface area contributed by atoms with E-state index in [2.05, 4.69) is 21.8 Å². The van der Waals surface area contributed by atoms with E-state index in [-0.39, 0.29) is 5.92 Å². The minimum absolute atomic E-state index is 0.0806. The zero-order chi connectivity index (χ0) is 17.9. The van der Waals surface area contributed by atoms with Gasteiger partial charge in [-0.2, -0.15) is 13.2 Å². The molecule has 2 heterocycles. The van der Waals surface area contributed by atoms with Crippen LogP contribution in [0.4, 0.5) is 13.2 Å². The molecule has 7 heteroatoms. The Morgan fingerprint density at radius 3 is 2.64 bits per heavy atom. The molecule has 0 aliphatic heterocycles. The zero-order valence-electron chi connectivity index (χ0n) is 13.1. The van der Waals surface area contributed by atoms with Crippen LogP contribution in [0, 0.1) is 17.8 Å². The highest BCUT2D eigenvalue weighted by atomic mass is 19.4. The van der Waals surface area contributed by atoms with Gasteiger partial charge in [-0.15, -0.1) is 0 Å². The standard InChI is InChI=1S/C18H15F3N2O2/c19-18(20,21)17(9-8-13-6-7-13,15-5-3-11-23-16(15)24)25-12-14-4-1-2-10-22-14/h1-5,10-11,13H,6-7,12H2,(H,23,24)/t17-/m0/s1. The van der Waals surface area contributed by atoms with E-state index in [1.165, 1.54) is 18.5 Å². The van der Waals surface area contributed by atoms with Gasteiger partial charge in [0.05, 0.1) is 17.9 Å². The smallest absolute Gasteiger partial charge is 0.344 e. The normalized spacial score (nSPS) is 16.6. The first kappa shape index (κ1) is 17.2. The highest BCUT2D eigenvalue weighted by molar-refractivity contribution is 5.34. The number of hydrogen-bond acceptors (Lipinski definition) is 3. The Hall–Kier alpha value is -2.59. The molecule has 0 saturated heterocycles. The highest BCUT2D eigenvalue weighted by Crippen LogP contribution is 2.42. The van der Waals surface area contributed by atoms with E-state index in [9.17, 15) is 18.0 Å². The number of nitrogens with one attached hydrogen (secondary N) is 1. The molecule has 1 atom stereocenters. The summed E-state index contributed by atoms with van der Waals surface area (Å²) in [6.07, 6.45) is -0.657. The van der Waals surface area contributed by atoms with Crippen LogP contribution in [0.3, 0.4) is 0 Å². The van der Waals surface area contributed by atoms with E-state index in [0.717, 1.165) is 18.9 Å². The third-order valence-corrected chi connectivity index (χ3v) is 3.79. The van der Waals surface area contributed by atoms with Gasteiger partial charge in [0, 0.05) is 18.3 Å². The monoisotopic (exact) mass is 348 g/mol. The first-order valence-corrected chi connectivity index (χ1v) is 7.74. The average Bonchev–Trinajstić information content (AvgIpc) is 3.40. The van der Waals surface area contributed by atoms with Gasteiger partial charge in [-0.1, -0.05) is 17.9 Å². The maximum absolute atomic E-state index is 14.0. The topological polar surface area (TPSA) is 55.0 Å². The fourth-order valence-corrected chi connectivity index (χ4v) is 2.28. The third kappa shape index (κ3) is 3.74. The maximum Gasteiger partial charge on any atom is 0.433 e. The second-order valence-electron chi connectivity index (χ2n) is 5.75. The van der Waals surface area contributed by atoms with Crippen LogP contribution in [0.15, 0.2) is 47.5 Å². The minimum Gasteiger partial charge on any atom is -0.344 e. The molecule has 0 radical (unpaired) electrons. The largest absolute Gasteiger partial charge is 0.433 e. The average molecular weight is 348 g/mol. The molecule has 2 aromatic heterocycles. The van der Waals surface area contributed by atoms with E-state index in [1.807, 2.05) is 0 Å². The Balaban J connectivity index is 2.06. The van der Waals surface area contributed by atoms with E-state index < -0.39 is 29.5 Å². The second kappa shape index (κ2) is 6.73. The number of alkyl halides is 3. The summed E-state index contributed by atoms with van der Waals surface area (Å²) in [4.78, 5) is 18.3. The molecule has 3 rings (SSSR count). The van der Waals surface area contributed by atoms with Gasteiger partial charge < -0.3 is 9.72 Å². The third-order valence-electron chi connectivity index (χ3n) is 3.79. The summed E-state index contributed by atoms with van der Waals surface area (Å²) < 4.78 is 47.3. The molecule has 0 amide bonds. The molecule has 0 aromatic carbocycles. The van der Waals surface area contributed by atoms with Crippen molar-refractivity contribution in [3.05, 3.63) is 64.3 Å². The summed E-state index contributed by atoms with van der Waals surface area (Å²) in [7, 11) is 0. The van der Waals surface area contributed by atoms with Crippen LogP contribution in [0.2, 0.25) is 0 Å². The van der Waals surface area contributed by atoms with Crippen molar-refractivity contribution in [2.75, 3.05) is 0 Å². The number of rotatable bonds is 4. The molecule has 25 heavy (non-hydrogen) atoms. The number of nitrogens with zero attached hydrogens (tertiary/aromatic N) is 1. The van der Waals surface area contributed by atoms with Gasteiger partial charge in [0.1, 0.15) is 0 Å². The Morgan fingerprint density at radius 1 is 1.24 bits per heavy atom. The van der Waals surface area contributed by atoms with Gasteiger partial charge in [0.15, 0.2) is 0 Å². The molecule has 1 fully saturated rings. The highest BCUT2D eigenvalue weighted by Gasteiger charge is 2.58. The SMILES string of the molecule is O=c1[nH]cccc1[C@](C#CC1CC1)(OCc1ccccn1)C(F)(F)F. The lowest BCUT2D eigenvalue weighted by Gasteiger charge is -2.30. The van der Waals surface area contributed by atoms with Crippen molar-refractivity contribution in [1.82, 2.24) is 9.97 Å². The Labute approximate surface area is 142 Å². The minimum atomic E-state index is -4.89. The van der Waals surface area contributed by atoms with Crippen molar-refractivity contribution >= 4 is 0 Å². The molecule has 0 bridgehead atoms. The maximum atomic E-state index is 14.0. The molecule has 0 unspecified atom stereocenters. The van der Waals surface area contributed by atoms with Crippen LogP contribution in [-0.4, -0.2) is 16.1 Å². The molecule has 0 spiro atoms. The van der Waals surface area contributed by atoms with E-state index >= 15 is 0 Å². The zero-order valence-corrected chi connectivity index (χ0v) is 13.1. The summed E-state index contributed by atoms with van der Waals surface area (Å²) >= 11 is 0. The van der Waals surface area contributed by atoms with Gasteiger partial charge in [0.2, 0.25) is 0 Å². The van der Waals surface area contributed by atoms with Gasteiger partial charge in [-0.05, 0) is 37.1 Å². The van der Waals surface area contributed by atoms with Crippen molar-refractivity contribution in [2.45, 2.75) is 31.2 Å². The van der Waals surface area contributed by atoms with Crippen molar-refractivity contribution in [3.63, 3.8) is 0 Å². The molecular formula is C18H15F3N2O2. The van der Waals surface area contributed by atoms with Gasteiger partial charge in [-0.3, -0.25) is 9.78 Å². The molecular weight excluding hydrogens is 333 g/mol. The molecule has 1 aliphatic rings. The van der Waals surface area contributed by atoms with Crippen molar-refractivity contribution in [3.8, 4) is 11.8 Å². The van der Waals surface area contributed by atoms with Gasteiger partial charge in [0.25, 0.3) is 11.2 Å². The van der Waals surface area contributed by atoms with Crippen LogP contribution in [0.5, 0.6) is 0 Å². The molecule has 1 aliphatic carbocycles. The lowest BCUT2D eigenvalue weighted by atomic mass is 9.94. The number of aromatic nitrogens is 2. The summed E-state index contributed by atoms with van der Waals surface area (Å²) in [6.45, 7) is -0.423. The van der Waals surface area contributed by atoms with E-state index in [0.29, 0.717) is 5.69 Å². The number of H-pyrrole nitrogens is 1. The fourth-order valence-electron chi connectivity index (χ4n) is 2.28. The Morgan fingerprint density at radius 2 is 2.04 bits per heavy atom. The molecule has 130 valence electrons. The lowest BCUT2D eigenvalue weighted by Crippen LogP contribution is -2.47. The summed E-state index contributed by atoms with van der Waals surface area (Å²) in [6, 6.07) is 7.25. The van der Waals surface area contributed by atoms with Crippen LogP contribution in [0.25, 0.3) is 0 Å². The molecule has 4 nitrogen and oxygen atoms in total. The summed E-state index contributed by atoms with van der Waals surface area (Å²) in [5, 5.41) is 0. The Bertz CT molecular complexity index is 848. The van der Waals surface area contributed by atoms with Crippen LogP contribution in [-0.2, 0) is 16.9 Å². The first-order chi connectivity index (χ1) is 11.9. The van der Waals surface area contributed by atoms with Crippen LogP contribution in [0.1, 0.15) is 24.1 Å². The van der Waals surface area contributed by atoms with Crippen molar-refractivity contribution < 1.29 is 17.9 Å². The van der Waals surface area contributed by atoms with Crippen molar-refractivity contribution in [1.29, 1.82) is 0 Å². The van der Waals surface area contributed by atoms with Gasteiger partial charge >= 0.3 is 6.18 Å². The number of pyridine rings is 2. The fraction of sp³-hybridized carbons (Fsp3) is 0.333. The van der Waals surface area contributed by atoms with Crippen molar-refractivity contribution in [2.24, 2.45) is 5.92 Å². The molecule has 1 saturated carbocycles. The number of hydrogen-bond donors (Lipinski definition) is 1. The summed E-state index contributed by atoms with van der Waals surface area (Å²) in [5.41, 5.74) is -4.14. The second-order valence-corrected chi connectivity index (χ2v) is 5.75. The molecule has 1 N–H and O–H groups in total. The Kier molecular flexibility index (Phi) is 4.64. The van der Waals surface area contributed by atoms with Crippen LogP contribution >= 0.6 is 0 Å². The number of aromatic amines is 1. The van der Waals surface area contributed by atoms with Gasteiger partial charge in [-0.25, -0.2) is 0 Å². The predicted octanol–water partition coefficient (Wildman–Crippen LogP) is 3.16. The predicted molar refractivity (Wildman–Crippen MR) is 84.3 cm³/mol. The van der Waals surface area contributed by atoms with Crippen LogP contribution < -0.4 is 5.56 Å². The number of ether oxygens (including phenoxy) is 1. The van der Waals surface area contributed by atoms with E-state index in [1.54, 1.807) is 18.2 Å². The first-order valence-electron chi connectivity index (χ1n) is 7.74. The lowest BCUT2D eigenvalue weighted by molar-refractivity contribution is -0.263.